The lowest BCUT2D eigenvalue weighted by Gasteiger charge is -2.43. The molecule has 3 heterocycles. The molecule has 2 N–H and O–H groups in total. The molecule has 0 radical (unpaired) electrons. The number of rotatable bonds is 1. The minimum atomic E-state index is -0.897. The van der Waals surface area contributed by atoms with E-state index >= 15 is 0 Å². The molecule has 0 aromatic carbocycles. The molecule has 5 nitrogen and oxygen atoms in total. The standard InChI is InChI=1S/C11H15N3O2/c15-11(10-12-2-1-3-13-10)4-8-6-16-7-9(5-11)14-8/h1-3,8-9,14-15H,4-7H2. The van der Waals surface area contributed by atoms with E-state index in [0.717, 1.165) is 0 Å². The van der Waals surface area contributed by atoms with Crippen LogP contribution in [0.3, 0.4) is 0 Å². The van der Waals surface area contributed by atoms with Crippen LogP contribution in [0, 0.1) is 0 Å². The smallest absolute Gasteiger partial charge is 0.160 e. The van der Waals surface area contributed by atoms with Crippen molar-refractivity contribution in [2.75, 3.05) is 13.2 Å². The molecule has 2 unspecified atom stereocenters. The van der Waals surface area contributed by atoms with Gasteiger partial charge in [0.25, 0.3) is 0 Å². The SMILES string of the molecule is OC1(c2ncccn2)CC2COCC(C1)N2. The van der Waals surface area contributed by atoms with E-state index in [1.807, 2.05) is 0 Å². The molecule has 1 aromatic rings. The zero-order valence-electron chi connectivity index (χ0n) is 8.97. The molecule has 2 saturated heterocycles. The summed E-state index contributed by atoms with van der Waals surface area (Å²) in [6, 6.07) is 2.18. The summed E-state index contributed by atoms with van der Waals surface area (Å²) in [7, 11) is 0. The van der Waals surface area contributed by atoms with Gasteiger partial charge in [-0.15, -0.1) is 0 Å². The van der Waals surface area contributed by atoms with E-state index in [-0.39, 0.29) is 12.1 Å². The van der Waals surface area contributed by atoms with Crippen LogP contribution in [0.25, 0.3) is 0 Å². The second-order valence-electron chi connectivity index (χ2n) is 4.61. The Morgan fingerprint density at radius 1 is 1.25 bits per heavy atom. The molecule has 2 atom stereocenters. The van der Waals surface area contributed by atoms with Gasteiger partial charge in [0.2, 0.25) is 0 Å². The average Bonchev–Trinajstić information content (AvgIpc) is 2.29. The van der Waals surface area contributed by atoms with E-state index in [2.05, 4.69) is 15.3 Å². The molecule has 0 saturated carbocycles. The molecule has 2 aliphatic rings. The molecule has 2 fully saturated rings. The quantitative estimate of drug-likeness (QED) is 0.688. The number of hydrogen-bond donors (Lipinski definition) is 2. The van der Waals surface area contributed by atoms with Crippen LogP contribution in [0.1, 0.15) is 18.7 Å². The predicted molar refractivity (Wildman–Crippen MR) is 56.7 cm³/mol. The summed E-state index contributed by atoms with van der Waals surface area (Å²) in [5.74, 6) is 0.536. The van der Waals surface area contributed by atoms with Crippen molar-refractivity contribution in [3.05, 3.63) is 24.3 Å². The van der Waals surface area contributed by atoms with Crippen LogP contribution in [0.4, 0.5) is 0 Å². The Bertz CT molecular complexity index is 359. The van der Waals surface area contributed by atoms with Crippen molar-refractivity contribution in [2.45, 2.75) is 30.5 Å². The van der Waals surface area contributed by atoms with Gasteiger partial charge >= 0.3 is 0 Å². The highest BCUT2D eigenvalue weighted by molar-refractivity contribution is 5.08. The van der Waals surface area contributed by atoms with Crippen molar-refractivity contribution in [3.63, 3.8) is 0 Å². The molecule has 2 aliphatic heterocycles. The van der Waals surface area contributed by atoms with Crippen molar-refractivity contribution in [3.8, 4) is 0 Å². The van der Waals surface area contributed by atoms with Crippen LogP contribution in [0.2, 0.25) is 0 Å². The zero-order valence-corrected chi connectivity index (χ0v) is 8.97. The van der Waals surface area contributed by atoms with Crippen LogP contribution < -0.4 is 5.32 Å². The average molecular weight is 221 g/mol. The number of nitrogens with zero attached hydrogens (tertiary/aromatic N) is 2. The minimum Gasteiger partial charge on any atom is -0.382 e. The van der Waals surface area contributed by atoms with Gasteiger partial charge in [-0.05, 0) is 6.07 Å². The molecule has 0 spiro atoms. The van der Waals surface area contributed by atoms with Crippen LogP contribution in [0.5, 0.6) is 0 Å². The van der Waals surface area contributed by atoms with Gasteiger partial charge in [-0.3, -0.25) is 0 Å². The van der Waals surface area contributed by atoms with E-state index < -0.39 is 5.60 Å². The molecule has 3 rings (SSSR count). The number of ether oxygens (including phenoxy) is 1. The topological polar surface area (TPSA) is 67.3 Å². The van der Waals surface area contributed by atoms with E-state index in [0.29, 0.717) is 31.9 Å². The van der Waals surface area contributed by atoms with Gasteiger partial charge in [0.1, 0.15) is 5.60 Å². The number of fused-ring (bicyclic) bond motifs is 2. The zero-order chi connectivity index (χ0) is 11.0. The lowest BCUT2D eigenvalue weighted by atomic mass is 9.82. The third-order valence-electron chi connectivity index (χ3n) is 3.26. The predicted octanol–water partition coefficient (Wildman–Crippen LogP) is -0.185. The Balaban J connectivity index is 1.88. The number of hydrogen-bond acceptors (Lipinski definition) is 5. The largest absolute Gasteiger partial charge is 0.382 e. The molecule has 0 amide bonds. The Morgan fingerprint density at radius 3 is 2.50 bits per heavy atom. The molecular formula is C11H15N3O2. The summed E-state index contributed by atoms with van der Waals surface area (Å²) in [6.45, 7) is 1.32. The van der Waals surface area contributed by atoms with Crippen LogP contribution in [-0.4, -0.2) is 40.4 Å². The molecular weight excluding hydrogens is 206 g/mol. The van der Waals surface area contributed by atoms with Gasteiger partial charge in [0.05, 0.1) is 13.2 Å². The van der Waals surface area contributed by atoms with Crippen molar-refractivity contribution >= 4 is 0 Å². The summed E-state index contributed by atoms with van der Waals surface area (Å²) >= 11 is 0. The summed E-state index contributed by atoms with van der Waals surface area (Å²) in [5.41, 5.74) is -0.897. The Hall–Kier alpha value is -1.04. The maximum atomic E-state index is 10.6. The molecule has 5 heteroatoms. The highest BCUT2D eigenvalue weighted by atomic mass is 16.5. The summed E-state index contributed by atoms with van der Waals surface area (Å²) in [5, 5.41) is 14.1. The first-order valence-corrected chi connectivity index (χ1v) is 5.60. The van der Waals surface area contributed by atoms with Crippen molar-refractivity contribution in [1.29, 1.82) is 0 Å². The normalized spacial score (nSPS) is 38.3. The van der Waals surface area contributed by atoms with Gasteiger partial charge in [-0.1, -0.05) is 0 Å². The fourth-order valence-corrected chi connectivity index (χ4v) is 2.64. The summed E-state index contributed by atoms with van der Waals surface area (Å²) in [4.78, 5) is 8.34. The Morgan fingerprint density at radius 2 is 1.88 bits per heavy atom. The van der Waals surface area contributed by atoms with E-state index in [1.165, 1.54) is 0 Å². The first kappa shape index (κ1) is 10.1. The second-order valence-corrected chi connectivity index (χ2v) is 4.61. The number of piperidine rings is 1. The summed E-state index contributed by atoms with van der Waals surface area (Å²) < 4.78 is 5.45. The van der Waals surface area contributed by atoms with Crippen LogP contribution >= 0.6 is 0 Å². The van der Waals surface area contributed by atoms with Gasteiger partial charge in [-0.2, -0.15) is 0 Å². The van der Waals surface area contributed by atoms with Gasteiger partial charge < -0.3 is 15.2 Å². The van der Waals surface area contributed by atoms with Gasteiger partial charge in [0, 0.05) is 37.3 Å². The van der Waals surface area contributed by atoms with E-state index in [1.54, 1.807) is 18.5 Å². The van der Waals surface area contributed by atoms with Crippen LogP contribution in [0.15, 0.2) is 18.5 Å². The molecule has 0 aliphatic carbocycles. The molecule has 2 bridgehead atoms. The van der Waals surface area contributed by atoms with Crippen molar-refractivity contribution in [2.24, 2.45) is 0 Å². The Labute approximate surface area is 93.9 Å². The van der Waals surface area contributed by atoms with Crippen molar-refractivity contribution < 1.29 is 9.84 Å². The van der Waals surface area contributed by atoms with Gasteiger partial charge in [-0.25, -0.2) is 9.97 Å². The Kier molecular flexibility index (Phi) is 2.38. The summed E-state index contributed by atoms with van der Waals surface area (Å²) in [6.07, 6.45) is 4.59. The fourth-order valence-electron chi connectivity index (χ4n) is 2.64. The minimum absolute atomic E-state index is 0.210. The fraction of sp³-hybridized carbons (Fsp3) is 0.636. The van der Waals surface area contributed by atoms with Crippen molar-refractivity contribution in [1.82, 2.24) is 15.3 Å². The molecule has 16 heavy (non-hydrogen) atoms. The second kappa shape index (κ2) is 3.76. The maximum Gasteiger partial charge on any atom is 0.160 e. The lowest BCUT2D eigenvalue weighted by molar-refractivity contribution is -0.0847. The number of nitrogens with one attached hydrogen (secondary N) is 1. The molecule has 1 aromatic heterocycles. The monoisotopic (exact) mass is 221 g/mol. The number of aliphatic hydroxyl groups is 1. The lowest BCUT2D eigenvalue weighted by Crippen LogP contribution is -2.59. The third kappa shape index (κ3) is 1.71. The van der Waals surface area contributed by atoms with Gasteiger partial charge in [0.15, 0.2) is 5.82 Å². The first-order valence-electron chi connectivity index (χ1n) is 5.60. The number of morpholine rings is 1. The molecule has 86 valence electrons. The highest BCUT2D eigenvalue weighted by Gasteiger charge is 2.44. The van der Waals surface area contributed by atoms with E-state index in [9.17, 15) is 5.11 Å². The highest BCUT2D eigenvalue weighted by Crippen LogP contribution is 2.34. The number of aromatic nitrogens is 2. The third-order valence-corrected chi connectivity index (χ3v) is 3.26. The maximum absolute atomic E-state index is 10.6. The first-order chi connectivity index (χ1) is 7.76. The van der Waals surface area contributed by atoms with Crippen LogP contribution in [-0.2, 0) is 10.3 Å². The van der Waals surface area contributed by atoms with E-state index in [4.69, 9.17) is 4.74 Å².